The highest BCUT2D eigenvalue weighted by Crippen LogP contribution is 2.15. The van der Waals surface area contributed by atoms with Crippen LogP contribution in [-0.2, 0) is 20.1 Å². The third-order valence-corrected chi connectivity index (χ3v) is 4.52. The Hall–Kier alpha value is -1.77. The number of aryl methyl sites for hydroxylation is 2. The summed E-state index contributed by atoms with van der Waals surface area (Å²) in [5, 5.41) is 11.2. The third kappa shape index (κ3) is 7.33. The number of guanidine groups is 1. The molecule has 0 aliphatic rings. The molecule has 0 aliphatic heterocycles. The Morgan fingerprint density at radius 1 is 1.21 bits per heavy atom. The minimum absolute atomic E-state index is 0. The van der Waals surface area contributed by atoms with Crippen LogP contribution < -0.4 is 15.4 Å². The van der Waals surface area contributed by atoms with Gasteiger partial charge in [-0.2, -0.15) is 5.10 Å². The first-order valence-electron chi connectivity index (χ1n) is 9.78. The number of benzene rings is 1. The van der Waals surface area contributed by atoms with Gasteiger partial charge < -0.3 is 15.4 Å². The van der Waals surface area contributed by atoms with E-state index in [1.54, 1.807) is 0 Å². The van der Waals surface area contributed by atoms with E-state index in [1.807, 2.05) is 30.8 Å². The Balaban J connectivity index is 0.00000392. The van der Waals surface area contributed by atoms with E-state index in [1.165, 1.54) is 11.3 Å². The van der Waals surface area contributed by atoms with Crippen LogP contribution in [0.4, 0.5) is 0 Å². The minimum atomic E-state index is 0. The van der Waals surface area contributed by atoms with Crippen LogP contribution in [0.1, 0.15) is 49.2 Å². The highest BCUT2D eigenvalue weighted by molar-refractivity contribution is 14.0. The van der Waals surface area contributed by atoms with Gasteiger partial charge in [0.2, 0.25) is 0 Å². The first-order valence-corrected chi connectivity index (χ1v) is 9.78. The van der Waals surface area contributed by atoms with Crippen molar-refractivity contribution in [3.05, 3.63) is 46.8 Å². The lowest BCUT2D eigenvalue weighted by molar-refractivity contribution is 0.309. The molecule has 0 amide bonds. The van der Waals surface area contributed by atoms with Crippen molar-refractivity contribution in [2.45, 2.75) is 53.6 Å². The van der Waals surface area contributed by atoms with E-state index in [-0.39, 0.29) is 24.0 Å². The van der Waals surface area contributed by atoms with E-state index in [0.717, 1.165) is 49.0 Å². The number of ether oxygens (including phenoxy) is 1. The molecule has 2 aromatic rings. The lowest BCUT2D eigenvalue weighted by atomic mass is 10.2. The molecule has 1 aromatic heterocycles. The van der Waals surface area contributed by atoms with Gasteiger partial charge in [0.1, 0.15) is 5.75 Å². The minimum Gasteiger partial charge on any atom is -0.494 e. The Morgan fingerprint density at radius 2 is 2.00 bits per heavy atom. The fourth-order valence-corrected chi connectivity index (χ4v) is 2.83. The summed E-state index contributed by atoms with van der Waals surface area (Å²) < 4.78 is 7.70. The van der Waals surface area contributed by atoms with Crippen LogP contribution in [0.15, 0.2) is 29.3 Å². The van der Waals surface area contributed by atoms with Crippen molar-refractivity contribution in [1.82, 2.24) is 20.4 Å². The fourth-order valence-electron chi connectivity index (χ4n) is 2.83. The molecule has 0 bridgehead atoms. The lowest BCUT2D eigenvalue weighted by Gasteiger charge is -2.12. The second-order valence-electron chi connectivity index (χ2n) is 6.67. The van der Waals surface area contributed by atoms with Crippen molar-refractivity contribution in [3.8, 4) is 5.75 Å². The monoisotopic (exact) mass is 499 g/mol. The fraction of sp³-hybridized carbons (Fsp3) is 0.524. The highest BCUT2D eigenvalue weighted by atomic mass is 127. The van der Waals surface area contributed by atoms with Crippen molar-refractivity contribution >= 4 is 29.9 Å². The second-order valence-corrected chi connectivity index (χ2v) is 6.67. The van der Waals surface area contributed by atoms with Gasteiger partial charge >= 0.3 is 0 Å². The summed E-state index contributed by atoms with van der Waals surface area (Å²) in [6.07, 6.45) is 2.21. The number of aliphatic imine (C=N–C) groups is 1. The van der Waals surface area contributed by atoms with Gasteiger partial charge in [-0.25, -0.2) is 4.99 Å². The molecule has 0 spiro atoms. The second kappa shape index (κ2) is 12.6. The quantitative estimate of drug-likeness (QED) is 0.236. The van der Waals surface area contributed by atoms with Gasteiger partial charge in [0.25, 0.3) is 0 Å². The van der Waals surface area contributed by atoms with Crippen molar-refractivity contribution < 1.29 is 4.74 Å². The zero-order valence-electron chi connectivity index (χ0n) is 17.7. The number of hydrogen-bond donors (Lipinski definition) is 2. The Bertz CT molecular complexity index is 757. The molecule has 0 fully saturated rings. The number of aromatic nitrogens is 2. The van der Waals surface area contributed by atoms with Crippen LogP contribution in [0.5, 0.6) is 5.75 Å². The molecule has 0 unspecified atom stereocenters. The molecule has 7 heteroatoms. The van der Waals surface area contributed by atoms with Gasteiger partial charge in [0.05, 0.1) is 18.8 Å². The molecular weight excluding hydrogens is 465 g/mol. The summed E-state index contributed by atoms with van der Waals surface area (Å²) in [6.45, 7) is 11.2. The number of unbranched alkanes of at least 4 members (excludes halogenated alkanes) is 1. The van der Waals surface area contributed by atoms with E-state index in [9.17, 15) is 0 Å². The molecule has 2 rings (SSSR count). The molecule has 1 heterocycles. The predicted molar refractivity (Wildman–Crippen MR) is 127 cm³/mol. The van der Waals surface area contributed by atoms with E-state index >= 15 is 0 Å². The summed E-state index contributed by atoms with van der Waals surface area (Å²) in [5.41, 5.74) is 4.58. The first-order chi connectivity index (χ1) is 13.0. The lowest BCUT2D eigenvalue weighted by Crippen LogP contribution is -2.37. The zero-order chi connectivity index (χ0) is 19.6. The van der Waals surface area contributed by atoms with Crippen LogP contribution in [0.2, 0.25) is 0 Å². The summed E-state index contributed by atoms with van der Waals surface area (Å²) in [4.78, 5) is 4.71. The number of rotatable bonds is 9. The van der Waals surface area contributed by atoms with Crippen LogP contribution in [0.25, 0.3) is 0 Å². The largest absolute Gasteiger partial charge is 0.494 e. The van der Waals surface area contributed by atoms with Crippen LogP contribution in [-0.4, -0.2) is 28.9 Å². The van der Waals surface area contributed by atoms with Crippen LogP contribution >= 0.6 is 24.0 Å². The van der Waals surface area contributed by atoms with Crippen LogP contribution in [0.3, 0.4) is 0 Å². The molecule has 0 aliphatic carbocycles. The molecule has 1 aromatic carbocycles. The number of halogens is 1. The van der Waals surface area contributed by atoms with E-state index < -0.39 is 0 Å². The number of nitrogens with one attached hydrogen (secondary N) is 2. The number of nitrogens with zero attached hydrogens (tertiary/aromatic N) is 3. The average Bonchev–Trinajstić information content (AvgIpc) is 2.90. The van der Waals surface area contributed by atoms with Crippen molar-refractivity contribution in [2.24, 2.45) is 12.0 Å². The molecule has 0 saturated carbocycles. The Kier molecular flexibility index (Phi) is 11.0. The maximum atomic E-state index is 5.79. The summed E-state index contributed by atoms with van der Waals surface area (Å²) >= 11 is 0. The Morgan fingerprint density at radius 3 is 2.64 bits per heavy atom. The first kappa shape index (κ1) is 24.3. The van der Waals surface area contributed by atoms with E-state index in [0.29, 0.717) is 13.1 Å². The molecule has 0 saturated heterocycles. The summed E-state index contributed by atoms with van der Waals surface area (Å²) in [5.74, 6) is 1.72. The average molecular weight is 499 g/mol. The maximum Gasteiger partial charge on any atom is 0.191 e. The third-order valence-electron chi connectivity index (χ3n) is 4.52. The van der Waals surface area contributed by atoms with Gasteiger partial charge in [-0.1, -0.05) is 25.5 Å². The molecule has 28 heavy (non-hydrogen) atoms. The van der Waals surface area contributed by atoms with Crippen molar-refractivity contribution in [3.63, 3.8) is 0 Å². The molecule has 0 radical (unpaired) electrons. The van der Waals surface area contributed by atoms with E-state index in [4.69, 9.17) is 9.73 Å². The van der Waals surface area contributed by atoms with Gasteiger partial charge in [-0.3, -0.25) is 4.68 Å². The molecule has 156 valence electrons. The van der Waals surface area contributed by atoms with Crippen LogP contribution in [0, 0.1) is 13.8 Å². The topological polar surface area (TPSA) is 63.5 Å². The van der Waals surface area contributed by atoms with Gasteiger partial charge in [-0.15, -0.1) is 24.0 Å². The maximum absolute atomic E-state index is 5.79. The normalized spacial score (nSPS) is 11.1. The molecular formula is C21H34IN5O. The Labute approximate surface area is 186 Å². The molecule has 0 atom stereocenters. The van der Waals surface area contributed by atoms with Crippen molar-refractivity contribution in [1.29, 1.82) is 0 Å². The highest BCUT2D eigenvalue weighted by Gasteiger charge is 2.09. The van der Waals surface area contributed by atoms with Gasteiger partial charge in [-0.05, 0) is 44.9 Å². The standard InChI is InChI=1S/C21H33N5O.HI/c1-6-8-12-27-19-11-9-10-18(13-19)14-23-21(22-7-2)24-15-20-16(3)25-26(5)17(20)4;/h9-11,13H,6-8,12,14-15H2,1-5H3,(H2,22,23,24);1H. The summed E-state index contributed by atoms with van der Waals surface area (Å²) in [7, 11) is 1.97. The predicted octanol–water partition coefficient (Wildman–Crippen LogP) is 4.09. The van der Waals surface area contributed by atoms with Crippen molar-refractivity contribution in [2.75, 3.05) is 13.2 Å². The summed E-state index contributed by atoms with van der Waals surface area (Å²) in [6, 6.07) is 8.17. The van der Waals surface area contributed by atoms with Gasteiger partial charge in [0, 0.05) is 31.4 Å². The van der Waals surface area contributed by atoms with Gasteiger partial charge in [0.15, 0.2) is 5.96 Å². The van der Waals surface area contributed by atoms with E-state index in [2.05, 4.69) is 48.6 Å². The number of hydrogen-bond acceptors (Lipinski definition) is 3. The zero-order valence-corrected chi connectivity index (χ0v) is 20.0. The SMILES string of the molecule is CCCCOc1cccc(CN=C(NCC)NCc2c(C)nn(C)c2C)c1.I. The molecule has 6 nitrogen and oxygen atoms in total. The molecule has 2 N–H and O–H groups in total. The smallest absolute Gasteiger partial charge is 0.191 e.